The van der Waals surface area contributed by atoms with Gasteiger partial charge < -0.3 is 5.11 Å². The molecule has 7 aromatic rings. The molecule has 3 heterocycles. The molecule has 7 rings (SSSR count). The summed E-state index contributed by atoms with van der Waals surface area (Å²) in [4.78, 5) is 14.4. The second-order valence-corrected chi connectivity index (χ2v) is 17.1. The number of fused-ring (bicyclic) bond motifs is 1. The molecule has 5 nitrogen and oxygen atoms in total. The normalized spacial score (nSPS) is 11.6. The van der Waals surface area contributed by atoms with Gasteiger partial charge in [-0.15, -0.1) is 0 Å². The zero-order valence-corrected chi connectivity index (χ0v) is 25.9. The number of hydrogen-bond donors (Lipinski definition) is 1. The minimum atomic E-state index is -1.47. The number of para-hydroxylation sites is 2. The number of pyridine rings is 2. The van der Waals surface area contributed by atoms with Crippen molar-refractivity contribution < 1.29 is 5.11 Å². The number of nitrogens with zero attached hydrogens (tertiary/aromatic N) is 4. The Labute approximate surface area is 258 Å². The van der Waals surface area contributed by atoms with Gasteiger partial charge in [0.1, 0.15) is 5.75 Å². The van der Waals surface area contributed by atoms with E-state index in [-0.39, 0.29) is 5.75 Å². The molecule has 0 atom stereocenters. The third-order valence-electron chi connectivity index (χ3n) is 8.01. The van der Waals surface area contributed by atoms with E-state index in [1.807, 2.05) is 30.5 Å². The van der Waals surface area contributed by atoms with Crippen LogP contribution in [0.25, 0.3) is 61.6 Å². The summed E-state index contributed by atoms with van der Waals surface area (Å²) in [6, 6.07) is 39.5. The highest BCUT2D eigenvalue weighted by atomic mass is 28.3. The van der Waals surface area contributed by atoms with Crippen LogP contribution in [0.2, 0.25) is 19.6 Å². The molecule has 0 unspecified atom stereocenters. The molecule has 3 aromatic heterocycles. The molecule has 44 heavy (non-hydrogen) atoms. The highest BCUT2D eigenvalue weighted by Gasteiger charge is 2.21. The number of benzene rings is 4. The molecular weight excluding hydrogens is 557 g/mol. The molecule has 0 saturated carbocycles. The van der Waals surface area contributed by atoms with Crippen molar-refractivity contribution in [2.45, 2.75) is 19.6 Å². The van der Waals surface area contributed by atoms with Gasteiger partial charge in [0.15, 0.2) is 5.82 Å². The Kier molecular flexibility index (Phi) is 6.91. The molecule has 0 saturated heterocycles. The molecule has 0 spiro atoms. The highest BCUT2D eigenvalue weighted by molar-refractivity contribution is 6.88. The van der Waals surface area contributed by atoms with Crippen LogP contribution in [0, 0.1) is 0 Å². The maximum Gasteiger partial charge on any atom is 0.151 e. The van der Waals surface area contributed by atoms with E-state index in [4.69, 9.17) is 9.97 Å². The summed E-state index contributed by atoms with van der Waals surface area (Å²) in [5, 5.41) is 12.2. The van der Waals surface area contributed by atoms with Crippen LogP contribution in [-0.4, -0.2) is 32.7 Å². The van der Waals surface area contributed by atoms with Crippen LogP contribution in [0.4, 0.5) is 0 Å². The Balaban J connectivity index is 1.48. The van der Waals surface area contributed by atoms with Gasteiger partial charge in [0, 0.05) is 35.4 Å². The number of rotatable bonds is 6. The summed E-state index contributed by atoms with van der Waals surface area (Å²) >= 11 is 0. The van der Waals surface area contributed by atoms with Crippen LogP contribution in [0.3, 0.4) is 0 Å². The van der Waals surface area contributed by atoms with Crippen molar-refractivity contribution in [3.05, 3.63) is 134 Å². The van der Waals surface area contributed by atoms with Crippen LogP contribution in [0.5, 0.6) is 5.75 Å². The zero-order valence-electron chi connectivity index (χ0n) is 24.9. The zero-order chi connectivity index (χ0) is 30.3. The summed E-state index contributed by atoms with van der Waals surface area (Å²) < 4.78 is 2.09. The SMILES string of the molecule is C[Si](C)(C)c1ccc(-c2cc(-c3ccccc3)cc(-c3cccc4c3nc(-c3cnccc3O)n4-c3ccccc3)c2)nc1. The third kappa shape index (κ3) is 5.10. The van der Waals surface area contributed by atoms with E-state index in [1.165, 1.54) is 5.19 Å². The summed E-state index contributed by atoms with van der Waals surface area (Å²) in [5.74, 6) is 0.766. The Morgan fingerprint density at radius 2 is 1.36 bits per heavy atom. The largest absolute Gasteiger partial charge is 0.507 e. The third-order valence-corrected chi connectivity index (χ3v) is 10.0. The smallest absolute Gasteiger partial charge is 0.151 e. The van der Waals surface area contributed by atoms with Gasteiger partial charge in [-0.05, 0) is 70.4 Å². The van der Waals surface area contributed by atoms with Gasteiger partial charge in [0.05, 0.1) is 30.4 Å². The molecule has 4 aromatic carbocycles. The molecule has 0 aliphatic rings. The molecule has 6 heteroatoms. The first kappa shape index (κ1) is 27.5. The van der Waals surface area contributed by atoms with Crippen LogP contribution in [-0.2, 0) is 0 Å². The molecule has 1 N–H and O–H groups in total. The van der Waals surface area contributed by atoms with Crippen molar-refractivity contribution >= 4 is 24.3 Å². The van der Waals surface area contributed by atoms with Crippen molar-refractivity contribution in [1.29, 1.82) is 0 Å². The molecule has 0 aliphatic heterocycles. The van der Waals surface area contributed by atoms with E-state index < -0.39 is 8.07 Å². The van der Waals surface area contributed by atoms with Crippen molar-refractivity contribution in [3.63, 3.8) is 0 Å². The first-order valence-corrected chi connectivity index (χ1v) is 18.2. The van der Waals surface area contributed by atoms with E-state index in [1.54, 1.807) is 18.5 Å². The Morgan fingerprint density at radius 3 is 2.07 bits per heavy atom. The number of aromatic hydroxyl groups is 1. The van der Waals surface area contributed by atoms with E-state index in [0.29, 0.717) is 11.4 Å². The van der Waals surface area contributed by atoms with Gasteiger partial charge in [0.25, 0.3) is 0 Å². The minimum absolute atomic E-state index is 0.134. The lowest BCUT2D eigenvalue weighted by Gasteiger charge is -2.16. The first-order chi connectivity index (χ1) is 21.4. The number of hydrogen-bond acceptors (Lipinski definition) is 4. The van der Waals surface area contributed by atoms with E-state index in [0.717, 1.165) is 50.2 Å². The summed E-state index contributed by atoms with van der Waals surface area (Å²) in [5.41, 5.74) is 9.59. The highest BCUT2D eigenvalue weighted by Crippen LogP contribution is 2.39. The van der Waals surface area contributed by atoms with Gasteiger partial charge in [-0.2, -0.15) is 0 Å². The lowest BCUT2D eigenvalue weighted by Crippen LogP contribution is -2.37. The van der Waals surface area contributed by atoms with Crippen LogP contribution in [0.15, 0.2) is 134 Å². The van der Waals surface area contributed by atoms with Crippen molar-refractivity contribution in [3.8, 4) is 56.3 Å². The van der Waals surface area contributed by atoms with Gasteiger partial charge >= 0.3 is 0 Å². The fourth-order valence-corrected chi connectivity index (χ4v) is 6.68. The minimum Gasteiger partial charge on any atom is -0.507 e. The fraction of sp³-hybridized carbons (Fsp3) is 0.0789. The van der Waals surface area contributed by atoms with Gasteiger partial charge in [-0.3, -0.25) is 14.5 Å². The van der Waals surface area contributed by atoms with Crippen molar-refractivity contribution in [2.75, 3.05) is 0 Å². The van der Waals surface area contributed by atoms with E-state index in [2.05, 4.69) is 114 Å². The average Bonchev–Trinajstić information content (AvgIpc) is 3.45. The average molecular weight is 589 g/mol. The van der Waals surface area contributed by atoms with Crippen LogP contribution in [0.1, 0.15) is 0 Å². The quantitative estimate of drug-likeness (QED) is 0.197. The van der Waals surface area contributed by atoms with Crippen molar-refractivity contribution in [1.82, 2.24) is 19.5 Å². The number of imidazole rings is 1. The summed E-state index contributed by atoms with van der Waals surface area (Å²) in [7, 11) is -1.47. The van der Waals surface area contributed by atoms with E-state index >= 15 is 0 Å². The second-order valence-electron chi connectivity index (χ2n) is 12.0. The second kappa shape index (κ2) is 11.1. The topological polar surface area (TPSA) is 63.8 Å². The Morgan fingerprint density at radius 1 is 0.636 bits per heavy atom. The fourth-order valence-electron chi connectivity index (χ4n) is 5.65. The van der Waals surface area contributed by atoms with Gasteiger partial charge in [0.2, 0.25) is 0 Å². The summed E-state index contributed by atoms with van der Waals surface area (Å²) in [6.45, 7) is 7.02. The summed E-state index contributed by atoms with van der Waals surface area (Å²) in [6.07, 6.45) is 5.30. The molecule has 0 amide bonds. The molecule has 214 valence electrons. The van der Waals surface area contributed by atoms with Gasteiger partial charge in [-0.25, -0.2) is 4.98 Å². The first-order valence-electron chi connectivity index (χ1n) is 14.7. The molecule has 0 bridgehead atoms. The molecule has 0 radical (unpaired) electrons. The molecule has 0 fully saturated rings. The van der Waals surface area contributed by atoms with Crippen molar-refractivity contribution in [2.24, 2.45) is 0 Å². The molecular formula is C38H32N4OSi. The molecule has 0 aliphatic carbocycles. The maximum atomic E-state index is 10.8. The Bertz CT molecular complexity index is 2100. The predicted molar refractivity (Wildman–Crippen MR) is 183 cm³/mol. The van der Waals surface area contributed by atoms with E-state index in [9.17, 15) is 5.11 Å². The monoisotopic (exact) mass is 588 g/mol. The maximum absolute atomic E-state index is 10.8. The standard InChI is InChI=1S/C38H32N4OSi/c1-44(2,3)31-17-18-34(40-24-31)29-22-27(26-11-6-4-7-12-26)21-28(23-29)32-15-10-16-35-37(32)41-38(33-25-39-20-19-36(33)43)42(35)30-13-8-5-9-14-30/h4-25H,1-3H3,(H,39,43). The van der Waals surface area contributed by atoms with Crippen LogP contribution >= 0.6 is 0 Å². The van der Waals surface area contributed by atoms with Gasteiger partial charge in [-0.1, -0.05) is 86.4 Å². The number of aromatic nitrogens is 4. The van der Waals surface area contributed by atoms with Crippen LogP contribution < -0.4 is 5.19 Å². The lowest BCUT2D eigenvalue weighted by molar-refractivity contribution is 0.476. The lowest BCUT2D eigenvalue weighted by atomic mass is 9.94. The Hall–Kier alpha value is -5.33. The predicted octanol–water partition coefficient (Wildman–Crippen LogP) is 8.73.